The molecule has 0 saturated heterocycles. The summed E-state index contributed by atoms with van der Waals surface area (Å²) in [4.78, 5) is 1.61. The van der Waals surface area contributed by atoms with E-state index in [4.69, 9.17) is 29.2 Å². The zero-order valence-electron chi connectivity index (χ0n) is 13.3. The molecule has 0 spiro atoms. The highest BCUT2D eigenvalue weighted by Gasteiger charge is 2.02. The standard InChI is InChI=1S/C18H20N2OS2/c1-3-17(22)19-13-7-5-9-15(11-13)21-16-10-6-8-14(12-16)20-18(23)4-2/h5-12H,3-4H2,1-2H3,(H,19,22)(H,20,23). The van der Waals surface area contributed by atoms with Gasteiger partial charge in [0.05, 0.1) is 9.98 Å². The normalized spacial score (nSPS) is 10.0. The van der Waals surface area contributed by atoms with E-state index in [2.05, 4.69) is 10.6 Å². The van der Waals surface area contributed by atoms with Crippen LogP contribution >= 0.6 is 24.4 Å². The quantitative estimate of drug-likeness (QED) is 0.649. The number of anilines is 2. The summed E-state index contributed by atoms with van der Waals surface area (Å²) in [6.07, 6.45) is 1.62. The Labute approximate surface area is 148 Å². The maximum atomic E-state index is 5.92. The Morgan fingerprint density at radius 2 is 1.26 bits per heavy atom. The van der Waals surface area contributed by atoms with E-state index in [1.807, 2.05) is 62.4 Å². The van der Waals surface area contributed by atoms with Gasteiger partial charge in [0.25, 0.3) is 0 Å². The van der Waals surface area contributed by atoms with Crippen LogP contribution < -0.4 is 15.4 Å². The average molecular weight is 345 g/mol. The number of ether oxygens (including phenoxy) is 1. The molecule has 2 N–H and O–H groups in total. The molecule has 2 aromatic carbocycles. The molecule has 0 aliphatic carbocycles. The molecule has 0 fully saturated rings. The zero-order valence-corrected chi connectivity index (χ0v) is 14.9. The summed E-state index contributed by atoms with van der Waals surface area (Å²) in [5.74, 6) is 1.51. The molecule has 5 heteroatoms. The van der Waals surface area contributed by atoms with E-state index >= 15 is 0 Å². The largest absolute Gasteiger partial charge is 0.457 e. The molecule has 0 aliphatic heterocycles. The van der Waals surface area contributed by atoms with Crippen LogP contribution in [-0.2, 0) is 0 Å². The van der Waals surface area contributed by atoms with Crippen LogP contribution in [0.1, 0.15) is 26.7 Å². The van der Waals surface area contributed by atoms with E-state index < -0.39 is 0 Å². The van der Waals surface area contributed by atoms with Crippen LogP contribution in [-0.4, -0.2) is 9.98 Å². The van der Waals surface area contributed by atoms with Crippen molar-refractivity contribution in [2.75, 3.05) is 10.6 Å². The Balaban J connectivity index is 2.10. The third-order valence-electron chi connectivity index (χ3n) is 3.11. The topological polar surface area (TPSA) is 33.3 Å². The van der Waals surface area contributed by atoms with Gasteiger partial charge in [-0.25, -0.2) is 0 Å². The summed E-state index contributed by atoms with van der Waals surface area (Å²) in [5, 5.41) is 6.37. The number of rotatable bonds is 6. The highest BCUT2D eigenvalue weighted by molar-refractivity contribution is 7.80. The van der Waals surface area contributed by atoms with Crippen molar-refractivity contribution in [3.63, 3.8) is 0 Å². The van der Waals surface area contributed by atoms with Crippen molar-refractivity contribution in [2.45, 2.75) is 26.7 Å². The van der Waals surface area contributed by atoms with Crippen LogP contribution in [0.3, 0.4) is 0 Å². The van der Waals surface area contributed by atoms with E-state index in [0.717, 1.165) is 45.7 Å². The summed E-state index contributed by atoms with van der Waals surface area (Å²) in [6, 6.07) is 15.5. The monoisotopic (exact) mass is 344 g/mol. The number of nitrogens with one attached hydrogen (secondary N) is 2. The van der Waals surface area contributed by atoms with E-state index in [9.17, 15) is 0 Å². The van der Waals surface area contributed by atoms with Gasteiger partial charge in [-0.3, -0.25) is 0 Å². The van der Waals surface area contributed by atoms with E-state index in [1.165, 1.54) is 0 Å². The Kier molecular flexibility index (Phi) is 6.50. The fourth-order valence-electron chi connectivity index (χ4n) is 1.91. The minimum Gasteiger partial charge on any atom is -0.457 e. The van der Waals surface area contributed by atoms with Gasteiger partial charge in [0.15, 0.2) is 0 Å². The summed E-state index contributed by atoms with van der Waals surface area (Å²) in [6.45, 7) is 4.05. The van der Waals surface area contributed by atoms with Crippen molar-refractivity contribution in [1.82, 2.24) is 0 Å². The first-order valence-corrected chi connectivity index (χ1v) is 8.40. The molecule has 0 aromatic heterocycles. The average Bonchev–Trinajstić information content (AvgIpc) is 2.55. The first kappa shape index (κ1) is 17.4. The predicted octanol–water partition coefficient (Wildman–Crippen LogP) is 5.78. The Morgan fingerprint density at radius 1 is 0.826 bits per heavy atom. The Morgan fingerprint density at radius 3 is 1.65 bits per heavy atom. The first-order valence-electron chi connectivity index (χ1n) is 7.58. The number of benzene rings is 2. The van der Waals surface area contributed by atoms with Crippen molar-refractivity contribution in [2.24, 2.45) is 0 Å². The molecule has 0 aliphatic rings. The van der Waals surface area contributed by atoms with Crippen molar-refractivity contribution in [3.8, 4) is 11.5 Å². The summed E-state index contributed by atoms with van der Waals surface area (Å²) in [5.41, 5.74) is 1.85. The smallest absolute Gasteiger partial charge is 0.129 e. The van der Waals surface area contributed by atoms with Crippen LogP contribution in [0.25, 0.3) is 0 Å². The Bertz CT molecular complexity index is 641. The van der Waals surface area contributed by atoms with Crippen molar-refractivity contribution >= 4 is 45.8 Å². The van der Waals surface area contributed by atoms with Gasteiger partial charge in [-0.1, -0.05) is 50.4 Å². The lowest BCUT2D eigenvalue weighted by molar-refractivity contribution is 0.483. The van der Waals surface area contributed by atoms with Crippen molar-refractivity contribution in [1.29, 1.82) is 0 Å². The molecule has 0 bridgehead atoms. The zero-order chi connectivity index (χ0) is 16.7. The van der Waals surface area contributed by atoms with Gasteiger partial charge in [-0.05, 0) is 37.1 Å². The molecule has 2 rings (SSSR count). The van der Waals surface area contributed by atoms with Gasteiger partial charge in [-0.15, -0.1) is 0 Å². The first-order chi connectivity index (χ1) is 11.1. The summed E-state index contributed by atoms with van der Waals surface area (Å²) >= 11 is 10.4. The fraction of sp³-hybridized carbons (Fsp3) is 0.222. The highest BCUT2D eigenvalue weighted by Crippen LogP contribution is 2.26. The van der Waals surface area contributed by atoms with E-state index in [0.29, 0.717) is 0 Å². The molecule has 3 nitrogen and oxygen atoms in total. The van der Waals surface area contributed by atoms with Gasteiger partial charge in [0.1, 0.15) is 11.5 Å². The molecule has 120 valence electrons. The second-order valence-electron chi connectivity index (χ2n) is 4.96. The van der Waals surface area contributed by atoms with Crippen LogP contribution in [0, 0.1) is 0 Å². The minimum absolute atomic E-state index is 0.754. The van der Waals surface area contributed by atoms with Gasteiger partial charge < -0.3 is 15.4 Å². The summed E-state index contributed by atoms with van der Waals surface area (Å²) in [7, 11) is 0. The van der Waals surface area contributed by atoms with Gasteiger partial charge in [-0.2, -0.15) is 0 Å². The molecule has 0 unspecified atom stereocenters. The molecule has 2 aromatic rings. The van der Waals surface area contributed by atoms with Crippen LogP contribution in [0.5, 0.6) is 11.5 Å². The van der Waals surface area contributed by atoms with Gasteiger partial charge in [0, 0.05) is 23.5 Å². The third-order valence-corrected chi connectivity index (χ3v) is 3.89. The molecule has 0 heterocycles. The molecule has 23 heavy (non-hydrogen) atoms. The molecule has 0 amide bonds. The maximum Gasteiger partial charge on any atom is 0.129 e. The fourth-order valence-corrected chi connectivity index (χ4v) is 2.15. The lowest BCUT2D eigenvalue weighted by Gasteiger charge is -2.11. The van der Waals surface area contributed by atoms with E-state index in [1.54, 1.807) is 0 Å². The molecule has 0 radical (unpaired) electrons. The van der Waals surface area contributed by atoms with Gasteiger partial charge >= 0.3 is 0 Å². The van der Waals surface area contributed by atoms with Crippen molar-refractivity contribution < 1.29 is 4.74 Å². The van der Waals surface area contributed by atoms with E-state index in [-0.39, 0.29) is 0 Å². The molecular weight excluding hydrogens is 324 g/mol. The molecule has 0 saturated carbocycles. The molecule has 0 atom stereocenters. The highest BCUT2D eigenvalue weighted by atomic mass is 32.1. The number of thiocarbonyl (C=S) groups is 2. The number of hydrogen-bond donors (Lipinski definition) is 2. The third kappa shape index (κ3) is 5.62. The van der Waals surface area contributed by atoms with Gasteiger partial charge in [0.2, 0.25) is 0 Å². The summed E-state index contributed by atoms with van der Waals surface area (Å²) < 4.78 is 5.92. The predicted molar refractivity (Wildman–Crippen MR) is 106 cm³/mol. The number of hydrogen-bond acceptors (Lipinski definition) is 3. The van der Waals surface area contributed by atoms with Crippen LogP contribution in [0.2, 0.25) is 0 Å². The maximum absolute atomic E-state index is 5.92. The molecular formula is C18H20N2OS2. The lowest BCUT2D eigenvalue weighted by atomic mass is 10.2. The second kappa shape index (κ2) is 8.60. The lowest BCUT2D eigenvalue weighted by Crippen LogP contribution is -2.07. The second-order valence-corrected chi connectivity index (χ2v) is 5.95. The minimum atomic E-state index is 0.754. The SMILES string of the molecule is CCC(=S)Nc1cccc(Oc2cccc(NC(=S)CC)c2)c1. The Hall–Kier alpha value is -1.98. The van der Waals surface area contributed by atoms with Crippen molar-refractivity contribution in [3.05, 3.63) is 48.5 Å². The van der Waals surface area contributed by atoms with Crippen LogP contribution in [0.4, 0.5) is 11.4 Å². The van der Waals surface area contributed by atoms with Crippen LogP contribution in [0.15, 0.2) is 48.5 Å².